The second-order valence-corrected chi connectivity index (χ2v) is 4.68. The van der Waals surface area contributed by atoms with Gasteiger partial charge in [0.25, 0.3) is 0 Å². The van der Waals surface area contributed by atoms with E-state index < -0.39 is 0 Å². The summed E-state index contributed by atoms with van der Waals surface area (Å²) in [4.78, 5) is 13.1. The van der Waals surface area contributed by atoms with Crippen molar-refractivity contribution in [3.63, 3.8) is 0 Å². The molecule has 4 nitrogen and oxygen atoms in total. The molecule has 0 saturated carbocycles. The van der Waals surface area contributed by atoms with Crippen molar-refractivity contribution in [3.8, 4) is 0 Å². The topological polar surface area (TPSA) is 54.1 Å². The summed E-state index contributed by atoms with van der Waals surface area (Å²) >= 11 is 0. The maximum Gasteiger partial charge on any atom is 0.302 e. The fraction of sp³-hybridized carbons (Fsp3) is 0.400. The van der Waals surface area contributed by atoms with E-state index in [-0.39, 0.29) is 5.97 Å². The zero-order valence-corrected chi connectivity index (χ0v) is 11.6. The Bertz CT molecular complexity index is 575. The van der Waals surface area contributed by atoms with E-state index >= 15 is 0 Å². The predicted octanol–water partition coefficient (Wildman–Crippen LogP) is 2.55. The Kier molecular flexibility index (Phi) is 4.22. The minimum absolute atomic E-state index is 0.245. The van der Waals surface area contributed by atoms with Crippen molar-refractivity contribution in [2.75, 3.05) is 13.7 Å². The van der Waals surface area contributed by atoms with Gasteiger partial charge in [-0.15, -0.1) is 0 Å². The van der Waals surface area contributed by atoms with E-state index in [1.807, 2.05) is 0 Å². The molecule has 4 heteroatoms. The number of benzene rings is 1. The molecule has 0 saturated heterocycles. The lowest BCUT2D eigenvalue weighted by molar-refractivity contribution is -0.137. The van der Waals surface area contributed by atoms with Gasteiger partial charge in [0.15, 0.2) is 0 Å². The third-order valence-corrected chi connectivity index (χ3v) is 3.39. The fourth-order valence-corrected chi connectivity index (χ4v) is 2.38. The van der Waals surface area contributed by atoms with Gasteiger partial charge in [-0.05, 0) is 31.5 Å². The van der Waals surface area contributed by atoms with E-state index in [1.54, 1.807) is 0 Å². The number of aromatic nitrogens is 1. The first-order valence-electron chi connectivity index (χ1n) is 6.51. The van der Waals surface area contributed by atoms with Crippen LogP contribution in [0, 0.1) is 0 Å². The molecule has 0 fully saturated rings. The first-order valence-corrected chi connectivity index (χ1v) is 6.51. The van der Waals surface area contributed by atoms with Gasteiger partial charge in [-0.25, -0.2) is 0 Å². The van der Waals surface area contributed by atoms with Gasteiger partial charge in [-0.3, -0.25) is 4.79 Å². The van der Waals surface area contributed by atoms with Crippen molar-refractivity contribution in [2.45, 2.75) is 26.3 Å². The molecule has 3 rings (SSSR count). The molecule has 2 aromatic rings. The van der Waals surface area contributed by atoms with Gasteiger partial charge in [0.2, 0.25) is 0 Å². The number of aromatic amines is 1. The minimum Gasteiger partial charge on any atom is -0.469 e. The molecule has 2 heterocycles. The summed E-state index contributed by atoms with van der Waals surface area (Å²) in [6, 6.07) is 9.03. The Morgan fingerprint density at radius 2 is 2.05 bits per heavy atom. The van der Waals surface area contributed by atoms with Gasteiger partial charge in [-0.1, -0.05) is 18.2 Å². The van der Waals surface area contributed by atoms with Gasteiger partial charge >= 0.3 is 5.97 Å². The molecular formula is C15H20N2O2. The standard InChI is InChI=1S/C12H14N2.C3H6O2/c1-8-12-10(6-7-13-8)9-4-2-3-5-11(9)14-12;1-3(4)5-2/h2-5,8,13-14H,6-7H2,1H3;1-2H3. The first kappa shape index (κ1) is 13.6. The largest absolute Gasteiger partial charge is 0.469 e. The van der Waals surface area contributed by atoms with Gasteiger partial charge < -0.3 is 15.0 Å². The molecule has 0 radical (unpaired) electrons. The number of hydrogen-bond acceptors (Lipinski definition) is 3. The van der Waals surface area contributed by atoms with Crippen LogP contribution < -0.4 is 5.32 Å². The van der Waals surface area contributed by atoms with Crippen molar-refractivity contribution >= 4 is 16.9 Å². The Balaban J connectivity index is 0.000000232. The van der Waals surface area contributed by atoms with Crippen LogP contribution in [0.15, 0.2) is 24.3 Å². The lowest BCUT2D eigenvalue weighted by atomic mass is 10.0. The number of carbonyl (C=O) groups is 1. The second-order valence-electron chi connectivity index (χ2n) is 4.68. The molecule has 0 aliphatic carbocycles. The summed E-state index contributed by atoms with van der Waals surface area (Å²) in [5, 5.41) is 4.87. The van der Waals surface area contributed by atoms with Crippen molar-refractivity contribution < 1.29 is 9.53 Å². The summed E-state index contributed by atoms with van der Waals surface area (Å²) in [5.41, 5.74) is 4.15. The lowest BCUT2D eigenvalue weighted by Gasteiger charge is -2.20. The molecule has 1 aromatic carbocycles. The number of carbonyl (C=O) groups excluding carboxylic acids is 1. The lowest BCUT2D eigenvalue weighted by Crippen LogP contribution is -2.27. The summed E-state index contributed by atoms with van der Waals surface area (Å²) in [6.45, 7) is 4.67. The maximum absolute atomic E-state index is 9.59. The van der Waals surface area contributed by atoms with Crippen LogP contribution in [0.1, 0.15) is 31.1 Å². The number of nitrogens with one attached hydrogen (secondary N) is 2. The van der Waals surface area contributed by atoms with E-state index in [1.165, 1.54) is 36.2 Å². The number of hydrogen-bond donors (Lipinski definition) is 2. The van der Waals surface area contributed by atoms with Crippen molar-refractivity contribution in [2.24, 2.45) is 0 Å². The highest BCUT2D eigenvalue weighted by atomic mass is 16.5. The maximum atomic E-state index is 9.59. The van der Waals surface area contributed by atoms with Crippen LogP contribution in [-0.2, 0) is 16.0 Å². The molecule has 19 heavy (non-hydrogen) atoms. The van der Waals surface area contributed by atoms with Crippen LogP contribution >= 0.6 is 0 Å². The summed E-state index contributed by atoms with van der Waals surface area (Å²) < 4.78 is 4.11. The first-order chi connectivity index (χ1) is 9.13. The molecule has 2 N–H and O–H groups in total. The summed E-state index contributed by atoms with van der Waals surface area (Å²) in [7, 11) is 1.35. The van der Waals surface area contributed by atoms with Gasteiger partial charge in [0.1, 0.15) is 0 Å². The number of esters is 1. The van der Waals surface area contributed by atoms with E-state index in [0.29, 0.717) is 6.04 Å². The van der Waals surface area contributed by atoms with Crippen LogP contribution in [0.3, 0.4) is 0 Å². The van der Waals surface area contributed by atoms with E-state index in [9.17, 15) is 4.79 Å². The third kappa shape index (κ3) is 2.96. The number of fused-ring (bicyclic) bond motifs is 3. The van der Waals surface area contributed by atoms with E-state index in [2.05, 4.69) is 46.2 Å². The van der Waals surface area contributed by atoms with Crippen LogP contribution in [0.2, 0.25) is 0 Å². The molecule has 0 bridgehead atoms. The molecular weight excluding hydrogens is 240 g/mol. The molecule has 1 aliphatic rings. The number of methoxy groups -OCH3 is 1. The van der Waals surface area contributed by atoms with Crippen LogP contribution in [0.25, 0.3) is 10.9 Å². The zero-order chi connectivity index (χ0) is 13.8. The average Bonchev–Trinajstić information content (AvgIpc) is 2.80. The highest BCUT2D eigenvalue weighted by Crippen LogP contribution is 2.29. The fourth-order valence-electron chi connectivity index (χ4n) is 2.38. The normalized spacial score (nSPS) is 17.3. The Morgan fingerprint density at radius 3 is 2.74 bits per heavy atom. The van der Waals surface area contributed by atoms with Gasteiger partial charge in [0, 0.05) is 29.6 Å². The molecule has 1 aliphatic heterocycles. The average molecular weight is 260 g/mol. The molecule has 1 aromatic heterocycles. The third-order valence-electron chi connectivity index (χ3n) is 3.39. The van der Waals surface area contributed by atoms with Crippen molar-refractivity contribution in [1.82, 2.24) is 10.3 Å². The molecule has 102 valence electrons. The number of para-hydroxylation sites is 1. The highest BCUT2D eigenvalue weighted by molar-refractivity contribution is 5.85. The number of ether oxygens (including phenoxy) is 1. The molecule has 1 unspecified atom stereocenters. The smallest absolute Gasteiger partial charge is 0.302 e. The number of H-pyrrole nitrogens is 1. The van der Waals surface area contributed by atoms with Gasteiger partial charge in [0.05, 0.1) is 7.11 Å². The van der Waals surface area contributed by atoms with Crippen LogP contribution in [-0.4, -0.2) is 24.6 Å². The Labute approximate surface area is 113 Å². The zero-order valence-electron chi connectivity index (χ0n) is 11.6. The monoisotopic (exact) mass is 260 g/mol. The highest BCUT2D eigenvalue weighted by Gasteiger charge is 2.19. The molecule has 0 amide bonds. The van der Waals surface area contributed by atoms with Crippen molar-refractivity contribution in [1.29, 1.82) is 0 Å². The summed E-state index contributed by atoms with van der Waals surface area (Å²) in [6.07, 6.45) is 1.14. The van der Waals surface area contributed by atoms with Crippen LogP contribution in [0.4, 0.5) is 0 Å². The summed E-state index contributed by atoms with van der Waals surface area (Å²) in [5.74, 6) is -0.245. The Morgan fingerprint density at radius 1 is 1.37 bits per heavy atom. The predicted molar refractivity (Wildman–Crippen MR) is 76.1 cm³/mol. The SMILES string of the molecule is CC1NCCc2c1[nH]c1ccccc21.COC(C)=O. The van der Waals surface area contributed by atoms with E-state index in [4.69, 9.17) is 0 Å². The van der Waals surface area contributed by atoms with Crippen LogP contribution in [0.5, 0.6) is 0 Å². The van der Waals surface area contributed by atoms with E-state index in [0.717, 1.165) is 13.0 Å². The molecule has 0 spiro atoms. The second kappa shape index (κ2) is 5.89. The minimum atomic E-state index is -0.245. The quantitative estimate of drug-likeness (QED) is 0.716. The number of rotatable bonds is 0. The van der Waals surface area contributed by atoms with Gasteiger partial charge in [-0.2, -0.15) is 0 Å². The molecule has 1 atom stereocenters. The van der Waals surface area contributed by atoms with Crippen molar-refractivity contribution in [3.05, 3.63) is 35.5 Å². The Hall–Kier alpha value is -1.81.